The molecule has 28 heavy (non-hydrogen) atoms. The van der Waals surface area contributed by atoms with Crippen LogP contribution in [0.25, 0.3) is 0 Å². The van der Waals surface area contributed by atoms with Crippen molar-refractivity contribution in [2.45, 2.75) is 49.9 Å². The molecule has 2 amide bonds. The van der Waals surface area contributed by atoms with Gasteiger partial charge in [-0.15, -0.1) is 0 Å². The number of benzene rings is 1. The summed E-state index contributed by atoms with van der Waals surface area (Å²) in [7, 11) is 0. The van der Waals surface area contributed by atoms with Crippen LogP contribution in [0.5, 0.6) is 0 Å². The summed E-state index contributed by atoms with van der Waals surface area (Å²) in [6.45, 7) is 3.13. The van der Waals surface area contributed by atoms with Gasteiger partial charge in [0.1, 0.15) is 0 Å². The third-order valence-electron chi connectivity index (χ3n) is 6.30. The average Bonchev–Trinajstić information content (AvgIpc) is 3.42. The van der Waals surface area contributed by atoms with Crippen molar-refractivity contribution in [1.29, 1.82) is 0 Å². The number of ether oxygens (including phenoxy) is 1. The van der Waals surface area contributed by atoms with E-state index in [0.29, 0.717) is 24.9 Å². The Morgan fingerprint density at radius 1 is 1.18 bits per heavy atom. The molecule has 0 aromatic heterocycles. The molecule has 3 aliphatic rings. The van der Waals surface area contributed by atoms with Gasteiger partial charge in [0.15, 0.2) is 0 Å². The van der Waals surface area contributed by atoms with Gasteiger partial charge >= 0.3 is 12.2 Å². The van der Waals surface area contributed by atoms with Gasteiger partial charge in [-0.2, -0.15) is 13.2 Å². The molecule has 0 radical (unpaired) electrons. The van der Waals surface area contributed by atoms with Crippen LogP contribution in [0.15, 0.2) is 24.3 Å². The maximum atomic E-state index is 13.0. The lowest BCUT2D eigenvalue weighted by Gasteiger charge is -2.44. The van der Waals surface area contributed by atoms with Gasteiger partial charge < -0.3 is 20.7 Å². The van der Waals surface area contributed by atoms with Crippen LogP contribution < -0.4 is 16.0 Å². The van der Waals surface area contributed by atoms with E-state index >= 15 is 0 Å². The molecule has 1 aromatic rings. The van der Waals surface area contributed by atoms with Crippen LogP contribution in [0.4, 0.5) is 18.0 Å². The number of carbonyl (C=O) groups excluding carboxylic acids is 1. The molecule has 154 valence electrons. The second-order valence-electron chi connectivity index (χ2n) is 8.40. The molecule has 2 saturated heterocycles. The Morgan fingerprint density at radius 2 is 1.93 bits per heavy atom. The summed E-state index contributed by atoms with van der Waals surface area (Å²) in [6, 6.07) is 4.95. The third-order valence-corrected chi connectivity index (χ3v) is 6.30. The number of amides is 2. The molecule has 1 spiro atoms. The molecule has 1 unspecified atom stereocenters. The molecular formula is C20H26F3N3O2. The molecule has 1 atom stereocenters. The number of nitrogens with one attached hydrogen (secondary N) is 3. The summed E-state index contributed by atoms with van der Waals surface area (Å²) in [5, 5.41) is 9.37. The maximum absolute atomic E-state index is 13.0. The van der Waals surface area contributed by atoms with E-state index < -0.39 is 17.3 Å². The smallest absolute Gasteiger partial charge is 0.381 e. The minimum absolute atomic E-state index is 0.00385. The zero-order chi connectivity index (χ0) is 19.8. The zero-order valence-electron chi connectivity index (χ0n) is 15.7. The lowest BCUT2D eigenvalue weighted by Crippen LogP contribution is -2.57. The van der Waals surface area contributed by atoms with Crippen LogP contribution >= 0.6 is 0 Å². The number of hydrogen-bond donors (Lipinski definition) is 3. The normalized spacial score (nSPS) is 25.9. The molecule has 8 heteroatoms. The van der Waals surface area contributed by atoms with Crippen molar-refractivity contribution in [3.05, 3.63) is 35.4 Å². The first-order valence-corrected chi connectivity index (χ1v) is 9.85. The monoisotopic (exact) mass is 397 g/mol. The second kappa shape index (κ2) is 7.22. The molecule has 1 aliphatic carbocycles. The van der Waals surface area contributed by atoms with Gasteiger partial charge in [-0.3, -0.25) is 0 Å². The summed E-state index contributed by atoms with van der Waals surface area (Å²) in [4.78, 5) is 12.6. The molecule has 1 saturated carbocycles. The lowest BCUT2D eigenvalue weighted by atomic mass is 9.73. The first-order valence-electron chi connectivity index (χ1n) is 9.85. The Labute approximate surface area is 162 Å². The van der Waals surface area contributed by atoms with E-state index in [2.05, 4.69) is 16.0 Å². The van der Waals surface area contributed by atoms with Crippen LogP contribution in [0.2, 0.25) is 0 Å². The van der Waals surface area contributed by atoms with E-state index in [1.54, 1.807) is 6.07 Å². The minimum atomic E-state index is -4.39. The largest absolute Gasteiger partial charge is 0.416 e. The van der Waals surface area contributed by atoms with Gasteiger partial charge in [-0.25, -0.2) is 4.79 Å². The van der Waals surface area contributed by atoms with Crippen molar-refractivity contribution in [2.75, 3.05) is 26.3 Å². The zero-order valence-corrected chi connectivity index (χ0v) is 15.7. The topological polar surface area (TPSA) is 62.4 Å². The highest BCUT2D eigenvalue weighted by molar-refractivity contribution is 5.76. The van der Waals surface area contributed by atoms with E-state index in [1.165, 1.54) is 6.07 Å². The van der Waals surface area contributed by atoms with Crippen LogP contribution in [0, 0.1) is 5.41 Å². The number of rotatable bonds is 3. The molecule has 1 aromatic carbocycles. The number of urea groups is 1. The van der Waals surface area contributed by atoms with E-state index in [-0.39, 0.29) is 17.5 Å². The van der Waals surface area contributed by atoms with Crippen molar-refractivity contribution in [3.63, 3.8) is 0 Å². The van der Waals surface area contributed by atoms with Gasteiger partial charge in [0, 0.05) is 32.3 Å². The average molecular weight is 397 g/mol. The fourth-order valence-corrected chi connectivity index (χ4v) is 4.51. The highest BCUT2D eigenvalue weighted by Gasteiger charge is 2.47. The predicted molar refractivity (Wildman–Crippen MR) is 97.8 cm³/mol. The van der Waals surface area contributed by atoms with Gasteiger partial charge in [0.05, 0.1) is 11.1 Å². The Hall–Kier alpha value is -1.80. The minimum Gasteiger partial charge on any atom is -0.381 e. The molecular weight excluding hydrogens is 371 g/mol. The van der Waals surface area contributed by atoms with E-state index in [0.717, 1.165) is 51.2 Å². The highest BCUT2D eigenvalue weighted by atomic mass is 19.4. The standard InChI is InChI=1S/C20H26F3N3O2/c21-20(22,23)15-3-1-2-14(10-15)19(4-5-19)26-17(27)25-16-11-18(13-24-12-16)6-8-28-9-7-18/h1-3,10,16,24H,4-9,11-13H2,(H2,25,26,27). The fraction of sp³-hybridized carbons (Fsp3) is 0.650. The van der Waals surface area contributed by atoms with E-state index in [1.807, 2.05) is 0 Å². The van der Waals surface area contributed by atoms with E-state index in [9.17, 15) is 18.0 Å². The molecule has 0 bridgehead atoms. The summed E-state index contributed by atoms with van der Waals surface area (Å²) < 4.78 is 44.5. The first-order chi connectivity index (χ1) is 13.3. The van der Waals surface area contributed by atoms with Crippen LogP contribution in [0.1, 0.15) is 43.2 Å². The van der Waals surface area contributed by atoms with Crippen molar-refractivity contribution in [3.8, 4) is 0 Å². The van der Waals surface area contributed by atoms with Crippen LogP contribution in [0.3, 0.4) is 0 Å². The van der Waals surface area contributed by atoms with Crippen molar-refractivity contribution >= 4 is 6.03 Å². The van der Waals surface area contributed by atoms with Gasteiger partial charge in [0.25, 0.3) is 0 Å². The first kappa shape index (κ1) is 19.5. The van der Waals surface area contributed by atoms with Crippen LogP contribution in [-0.2, 0) is 16.5 Å². The molecule has 2 aliphatic heterocycles. The summed E-state index contributed by atoms with van der Waals surface area (Å²) >= 11 is 0. The molecule has 3 N–H and O–H groups in total. The van der Waals surface area contributed by atoms with Crippen LogP contribution in [-0.4, -0.2) is 38.4 Å². The van der Waals surface area contributed by atoms with Crippen molar-refractivity contribution in [1.82, 2.24) is 16.0 Å². The van der Waals surface area contributed by atoms with Crippen molar-refractivity contribution < 1.29 is 22.7 Å². The van der Waals surface area contributed by atoms with Gasteiger partial charge in [0.2, 0.25) is 0 Å². The third kappa shape index (κ3) is 4.12. The second-order valence-corrected chi connectivity index (χ2v) is 8.40. The van der Waals surface area contributed by atoms with E-state index in [4.69, 9.17) is 4.74 Å². The number of alkyl halides is 3. The van der Waals surface area contributed by atoms with Gasteiger partial charge in [-0.1, -0.05) is 12.1 Å². The maximum Gasteiger partial charge on any atom is 0.416 e. The Kier molecular flexibility index (Phi) is 5.03. The number of halogens is 3. The number of hydrogen-bond acceptors (Lipinski definition) is 3. The number of carbonyl (C=O) groups is 1. The molecule has 4 rings (SSSR count). The summed E-state index contributed by atoms with van der Waals surface area (Å²) in [5.41, 5.74) is -0.701. The highest BCUT2D eigenvalue weighted by Crippen LogP contribution is 2.46. The SMILES string of the molecule is O=C(NC1CNCC2(CCOCC2)C1)NC1(c2cccc(C(F)(F)F)c2)CC1. The quantitative estimate of drug-likeness (QED) is 0.734. The summed E-state index contributed by atoms with van der Waals surface area (Å²) in [5.74, 6) is 0. The number of piperidine rings is 1. The fourth-order valence-electron chi connectivity index (χ4n) is 4.51. The predicted octanol–water partition coefficient (Wildman–Crippen LogP) is 3.15. The Bertz CT molecular complexity index is 722. The Balaban J connectivity index is 1.38. The molecule has 2 heterocycles. The molecule has 5 nitrogen and oxygen atoms in total. The van der Waals surface area contributed by atoms with Gasteiger partial charge in [-0.05, 0) is 55.2 Å². The Morgan fingerprint density at radius 3 is 2.61 bits per heavy atom. The van der Waals surface area contributed by atoms with Crippen molar-refractivity contribution in [2.24, 2.45) is 5.41 Å². The molecule has 3 fully saturated rings. The lowest BCUT2D eigenvalue weighted by molar-refractivity contribution is -0.137. The summed E-state index contributed by atoms with van der Waals surface area (Å²) in [6.07, 6.45) is -0.243.